The third kappa shape index (κ3) is 3.70. The number of aromatic nitrogens is 1. The summed E-state index contributed by atoms with van der Waals surface area (Å²) in [5.74, 6) is -0.663. The summed E-state index contributed by atoms with van der Waals surface area (Å²) in [6.45, 7) is 2.57. The number of carbonyl (C=O) groups is 1. The lowest BCUT2D eigenvalue weighted by molar-refractivity contribution is -0.137. The van der Waals surface area contributed by atoms with Crippen molar-refractivity contribution in [2.45, 2.75) is 37.1 Å². The molecular formula is C13H19N3O4S. The van der Waals surface area contributed by atoms with Crippen molar-refractivity contribution in [3.05, 3.63) is 18.3 Å². The smallest absolute Gasteiger partial charge is 0.325 e. The third-order valence-electron chi connectivity index (χ3n) is 3.42. The minimum Gasteiger partial charge on any atom is -0.480 e. The molecule has 1 aromatic rings. The molecule has 0 radical (unpaired) electrons. The molecule has 7 nitrogen and oxygen atoms in total. The van der Waals surface area contributed by atoms with Crippen molar-refractivity contribution >= 4 is 21.8 Å². The largest absolute Gasteiger partial charge is 0.480 e. The van der Waals surface area contributed by atoms with Gasteiger partial charge in [-0.05, 0) is 31.9 Å². The molecule has 1 aliphatic heterocycles. The predicted molar refractivity (Wildman–Crippen MR) is 77.6 cm³/mol. The van der Waals surface area contributed by atoms with Gasteiger partial charge in [-0.2, -0.15) is 4.31 Å². The number of rotatable bonds is 5. The molecule has 0 saturated carbocycles. The van der Waals surface area contributed by atoms with Crippen LogP contribution >= 0.6 is 0 Å². The summed E-state index contributed by atoms with van der Waals surface area (Å²) >= 11 is 0. The second-order valence-corrected chi connectivity index (χ2v) is 6.99. The van der Waals surface area contributed by atoms with Gasteiger partial charge in [-0.1, -0.05) is 6.42 Å². The maximum absolute atomic E-state index is 12.4. The Labute approximate surface area is 124 Å². The molecule has 0 aromatic carbocycles. The molecule has 0 aliphatic carbocycles. The molecule has 0 amide bonds. The second-order valence-electron chi connectivity index (χ2n) is 5.05. The van der Waals surface area contributed by atoms with Crippen LogP contribution in [0.3, 0.4) is 0 Å². The van der Waals surface area contributed by atoms with Gasteiger partial charge in [0.25, 0.3) is 0 Å². The van der Waals surface area contributed by atoms with Crippen LogP contribution in [0.25, 0.3) is 0 Å². The fourth-order valence-electron chi connectivity index (χ4n) is 2.16. The lowest BCUT2D eigenvalue weighted by Gasteiger charge is -2.25. The van der Waals surface area contributed by atoms with E-state index in [1.165, 1.54) is 29.6 Å². The Morgan fingerprint density at radius 2 is 2.00 bits per heavy atom. The number of anilines is 1. The standard InChI is InChI=1S/C13H19N3O4S/c1-10(13(17)18)15-12-6-5-11(9-14-12)21(19,20)16-7-3-2-4-8-16/h5-6,9-10H,2-4,7-8H2,1H3,(H,14,15)(H,17,18). The van der Waals surface area contributed by atoms with Crippen LogP contribution in [0.4, 0.5) is 5.82 Å². The highest BCUT2D eigenvalue weighted by Crippen LogP contribution is 2.20. The van der Waals surface area contributed by atoms with E-state index in [1.54, 1.807) is 0 Å². The molecule has 0 spiro atoms. The van der Waals surface area contributed by atoms with E-state index < -0.39 is 22.0 Å². The minimum atomic E-state index is -3.50. The van der Waals surface area contributed by atoms with Gasteiger partial charge in [-0.25, -0.2) is 13.4 Å². The van der Waals surface area contributed by atoms with E-state index in [1.807, 2.05) is 0 Å². The summed E-state index contributed by atoms with van der Waals surface area (Å²) in [4.78, 5) is 14.9. The van der Waals surface area contributed by atoms with Gasteiger partial charge in [0, 0.05) is 19.3 Å². The van der Waals surface area contributed by atoms with Crippen LogP contribution in [0, 0.1) is 0 Å². The number of sulfonamides is 1. The van der Waals surface area contributed by atoms with Gasteiger partial charge in [0.05, 0.1) is 0 Å². The van der Waals surface area contributed by atoms with E-state index in [-0.39, 0.29) is 4.90 Å². The fourth-order valence-corrected chi connectivity index (χ4v) is 3.62. The zero-order valence-corrected chi connectivity index (χ0v) is 12.6. The number of aliphatic carboxylic acids is 1. The summed E-state index contributed by atoms with van der Waals surface area (Å²) in [7, 11) is -3.50. The van der Waals surface area contributed by atoms with E-state index in [9.17, 15) is 13.2 Å². The number of nitrogens with zero attached hydrogens (tertiary/aromatic N) is 2. The van der Waals surface area contributed by atoms with Crippen molar-refractivity contribution in [3.8, 4) is 0 Å². The average molecular weight is 313 g/mol. The molecule has 8 heteroatoms. The maximum Gasteiger partial charge on any atom is 0.325 e. The normalized spacial score (nSPS) is 18.1. The van der Waals surface area contributed by atoms with Crippen LogP contribution in [0.1, 0.15) is 26.2 Å². The molecule has 21 heavy (non-hydrogen) atoms. The molecule has 1 unspecified atom stereocenters. The van der Waals surface area contributed by atoms with Gasteiger partial charge in [0.15, 0.2) is 0 Å². The average Bonchev–Trinajstić information content (AvgIpc) is 2.48. The molecule has 1 atom stereocenters. The summed E-state index contributed by atoms with van der Waals surface area (Å²) in [6, 6.07) is 2.14. The first-order chi connectivity index (χ1) is 9.91. The van der Waals surface area contributed by atoms with E-state index in [4.69, 9.17) is 5.11 Å². The van der Waals surface area contributed by atoms with E-state index in [2.05, 4.69) is 10.3 Å². The summed E-state index contributed by atoms with van der Waals surface area (Å²) in [6.07, 6.45) is 4.08. The lowest BCUT2D eigenvalue weighted by Crippen LogP contribution is -2.35. The van der Waals surface area contributed by atoms with E-state index in [0.29, 0.717) is 18.9 Å². The number of nitrogens with one attached hydrogen (secondary N) is 1. The highest BCUT2D eigenvalue weighted by molar-refractivity contribution is 7.89. The van der Waals surface area contributed by atoms with Crippen molar-refractivity contribution in [1.82, 2.24) is 9.29 Å². The van der Waals surface area contributed by atoms with Crippen molar-refractivity contribution in [1.29, 1.82) is 0 Å². The molecule has 2 rings (SSSR count). The SMILES string of the molecule is CC(Nc1ccc(S(=O)(=O)N2CCCCC2)cn1)C(=O)O. The van der Waals surface area contributed by atoms with Gasteiger partial charge < -0.3 is 10.4 Å². The molecule has 1 aliphatic rings. The zero-order valence-electron chi connectivity index (χ0n) is 11.8. The lowest BCUT2D eigenvalue weighted by atomic mass is 10.2. The first-order valence-corrected chi connectivity index (χ1v) is 8.31. The molecule has 2 N–H and O–H groups in total. The first kappa shape index (κ1) is 15.7. The molecule has 116 valence electrons. The second kappa shape index (κ2) is 6.40. The van der Waals surface area contributed by atoms with Crippen molar-refractivity contribution < 1.29 is 18.3 Å². The zero-order chi connectivity index (χ0) is 15.5. The number of carboxylic acid groups (broad SMARTS) is 1. The predicted octanol–water partition coefficient (Wildman–Crippen LogP) is 1.14. The van der Waals surface area contributed by atoms with Crippen LogP contribution in [0.5, 0.6) is 0 Å². The Balaban J connectivity index is 2.12. The topological polar surface area (TPSA) is 99.6 Å². The van der Waals surface area contributed by atoms with Crippen molar-refractivity contribution in [2.75, 3.05) is 18.4 Å². The molecular weight excluding hydrogens is 294 g/mol. The third-order valence-corrected chi connectivity index (χ3v) is 5.31. The van der Waals surface area contributed by atoms with Gasteiger partial charge in [0.2, 0.25) is 10.0 Å². The van der Waals surface area contributed by atoms with Gasteiger partial charge in [-0.3, -0.25) is 4.79 Å². The van der Waals surface area contributed by atoms with Crippen molar-refractivity contribution in [3.63, 3.8) is 0 Å². The Kier molecular flexibility index (Phi) is 4.79. The number of piperidine rings is 1. The first-order valence-electron chi connectivity index (χ1n) is 6.87. The van der Waals surface area contributed by atoms with E-state index in [0.717, 1.165) is 19.3 Å². The summed E-state index contributed by atoms with van der Waals surface area (Å²) < 4.78 is 26.3. The van der Waals surface area contributed by atoms with Crippen LogP contribution < -0.4 is 5.32 Å². The highest BCUT2D eigenvalue weighted by Gasteiger charge is 2.26. The van der Waals surface area contributed by atoms with Gasteiger partial charge >= 0.3 is 5.97 Å². The number of pyridine rings is 1. The minimum absolute atomic E-state index is 0.137. The summed E-state index contributed by atoms with van der Waals surface area (Å²) in [5.41, 5.74) is 0. The van der Waals surface area contributed by atoms with Gasteiger partial charge in [0.1, 0.15) is 16.8 Å². The molecule has 1 aromatic heterocycles. The molecule has 2 heterocycles. The molecule has 1 fully saturated rings. The molecule has 1 saturated heterocycles. The number of hydrogen-bond donors (Lipinski definition) is 2. The van der Waals surface area contributed by atoms with E-state index >= 15 is 0 Å². The molecule has 0 bridgehead atoms. The van der Waals surface area contributed by atoms with Crippen molar-refractivity contribution in [2.24, 2.45) is 0 Å². The Hall–Kier alpha value is -1.67. The fraction of sp³-hybridized carbons (Fsp3) is 0.538. The van der Waals surface area contributed by atoms with Crippen LogP contribution in [-0.4, -0.2) is 47.9 Å². The van der Waals surface area contributed by atoms with Crippen LogP contribution in [0.2, 0.25) is 0 Å². The summed E-state index contributed by atoms with van der Waals surface area (Å²) in [5, 5.41) is 11.5. The van der Waals surface area contributed by atoms with Crippen LogP contribution in [0.15, 0.2) is 23.2 Å². The quantitative estimate of drug-likeness (QED) is 0.845. The number of carboxylic acids is 1. The van der Waals surface area contributed by atoms with Crippen LogP contribution in [-0.2, 0) is 14.8 Å². The Morgan fingerprint density at radius 1 is 1.33 bits per heavy atom. The maximum atomic E-state index is 12.4. The monoisotopic (exact) mass is 313 g/mol. The van der Waals surface area contributed by atoms with Gasteiger partial charge in [-0.15, -0.1) is 0 Å². The number of hydrogen-bond acceptors (Lipinski definition) is 5. The Morgan fingerprint density at radius 3 is 2.52 bits per heavy atom. The highest BCUT2D eigenvalue weighted by atomic mass is 32.2. The Bertz CT molecular complexity index is 594.